The minimum atomic E-state index is 1.19. The summed E-state index contributed by atoms with van der Waals surface area (Å²) in [5, 5.41) is 5.23. The van der Waals surface area contributed by atoms with Crippen molar-refractivity contribution in [1.29, 1.82) is 0 Å². The molecule has 0 bridgehead atoms. The van der Waals surface area contributed by atoms with Gasteiger partial charge in [-0.15, -0.1) is 11.3 Å². The Kier molecular flexibility index (Phi) is 2.43. The van der Waals surface area contributed by atoms with E-state index in [1.165, 1.54) is 42.3 Å². The van der Waals surface area contributed by atoms with Crippen LogP contribution in [0.15, 0.2) is 72.8 Å². The normalized spacial score (nSPS) is 11.6. The maximum atomic E-state index is 3.53. The van der Waals surface area contributed by atoms with E-state index < -0.39 is 0 Å². The van der Waals surface area contributed by atoms with Crippen LogP contribution in [0, 0.1) is 0 Å². The first-order chi connectivity index (χ1) is 10.9. The lowest BCUT2D eigenvalue weighted by atomic mass is 10.1. The molecule has 5 aromatic rings. The molecule has 0 aliphatic carbocycles. The molecule has 0 spiro atoms. The van der Waals surface area contributed by atoms with Gasteiger partial charge in [0.15, 0.2) is 0 Å². The fraction of sp³-hybridized carbons (Fsp3) is 0. The summed E-state index contributed by atoms with van der Waals surface area (Å²) in [7, 11) is 0. The van der Waals surface area contributed by atoms with Gasteiger partial charge in [0.1, 0.15) is 0 Å². The Balaban J connectivity index is 1.79. The molecule has 0 radical (unpaired) electrons. The molecular formula is C20H13NS. The van der Waals surface area contributed by atoms with Gasteiger partial charge >= 0.3 is 0 Å². The third-order valence-electron chi connectivity index (χ3n) is 4.20. The molecule has 0 amide bonds. The van der Waals surface area contributed by atoms with E-state index in [4.69, 9.17) is 0 Å². The molecule has 1 N–H and O–H groups in total. The number of aromatic amines is 1. The van der Waals surface area contributed by atoms with Crippen LogP contribution in [0.5, 0.6) is 0 Å². The number of benzene rings is 3. The molecule has 3 aromatic carbocycles. The smallest absolute Gasteiger partial charge is 0.0566 e. The summed E-state index contributed by atoms with van der Waals surface area (Å²) < 4.78 is 1.37. The van der Waals surface area contributed by atoms with Gasteiger partial charge in [-0.1, -0.05) is 54.6 Å². The summed E-state index contributed by atoms with van der Waals surface area (Å²) in [6.45, 7) is 0. The number of H-pyrrole nitrogens is 1. The van der Waals surface area contributed by atoms with Crippen molar-refractivity contribution < 1.29 is 0 Å². The molecule has 0 aliphatic heterocycles. The summed E-state index contributed by atoms with van der Waals surface area (Å²) in [6, 6.07) is 26.0. The number of para-hydroxylation sites is 1. The quantitative estimate of drug-likeness (QED) is 0.379. The van der Waals surface area contributed by atoms with Crippen molar-refractivity contribution in [2.75, 3.05) is 0 Å². The minimum absolute atomic E-state index is 1.19. The third-order valence-corrected chi connectivity index (χ3v) is 5.42. The maximum Gasteiger partial charge on any atom is 0.0566 e. The highest BCUT2D eigenvalue weighted by Gasteiger charge is 2.09. The molecule has 0 unspecified atom stereocenters. The molecule has 0 saturated heterocycles. The fourth-order valence-corrected chi connectivity index (χ4v) is 4.27. The van der Waals surface area contributed by atoms with Crippen molar-refractivity contribution in [2.45, 2.75) is 0 Å². The number of aromatic nitrogens is 1. The van der Waals surface area contributed by atoms with Crippen molar-refractivity contribution in [3.8, 4) is 10.6 Å². The Morgan fingerprint density at radius 2 is 1.45 bits per heavy atom. The maximum absolute atomic E-state index is 3.53. The highest BCUT2D eigenvalue weighted by molar-refractivity contribution is 7.23. The monoisotopic (exact) mass is 299 g/mol. The zero-order valence-corrected chi connectivity index (χ0v) is 12.7. The van der Waals surface area contributed by atoms with E-state index >= 15 is 0 Å². The number of thiophene rings is 1. The van der Waals surface area contributed by atoms with Crippen molar-refractivity contribution in [2.24, 2.45) is 0 Å². The average molecular weight is 299 g/mol. The molecule has 2 heterocycles. The van der Waals surface area contributed by atoms with Gasteiger partial charge in [0, 0.05) is 15.6 Å². The van der Waals surface area contributed by atoms with E-state index in [1.807, 2.05) is 11.3 Å². The van der Waals surface area contributed by atoms with Gasteiger partial charge in [0.25, 0.3) is 0 Å². The lowest BCUT2D eigenvalue weighted by Crippen LogP contribution is -1.70. The molecule has 104 valence electrons. The summed E-state index contributed by atoms with van der Waals surface area (Å²) in [5.74, 6) is 0. The van der Waals surface area contributed by atoms with Crippen LogP contribution >= 0.6 is 11.3 Å². The number of hydrogen-bond donors (Lipinski definition) is 1. The molecule has 2 heteroatoms. The van der Waals surface area contributed by atoms with Gasteiger partial charge in [0.2, 0.25) is 0 Å². The Morgan fingerprint density at radius 1 is 0.682 bits per heavy atom. The molecular weight excluding hydrogens is 286 g/mol. The minimum Gasteiger partial charge on any atom is -0.354 e. The number of fused-ring (bicyclic) bond motifs is 4. The van der Waals surface area contributed by atoms with Gasteiger partial charge in [-0.05, 0) is 34.4 Å². The van der Waals surface area contributed by atoms with Crippen molar-refractivity contribution >= 4 is 43.1 Å². The van der Waals surface area contributed by atoms with Crippen LogP contribution in [0.1, 0.15) is 0 Å². The second-order valence-electron chi connectivity index (χ2n) is 5.59. The average Bonchev–Trinajstić information content (AvgIpc) is 3.18. The lowest BCUT2D eigenvalue weighted by Gasteiger charge is -1.97. The van der Waals surface area contributed by atoms with E-state index in [2.05, 4.69) is 77.8 Å². The fourth-order valence-electron chi connectivity index (χ4n) is 3.11. The van der Waals surface area contributed by atoms with E-state index in [-0.39, 0.29) is 0 Å². The number of hydrogen-bond acceptors (Lipinski definition) is 1. The lowest BCUT2D eigenvalue weighted by molar-refractivity contribution is 1.48. The zero-order valence-electron chi connectivity index (χ0n) is 11.8. The van der Waals surface area contributed by atoms with E-state index in [9.17, 15) is 0 Å². The summed E-state index contributed by atoms with van der Waals surface area (Å²) in [4.78, 5) is 4.83. The number of rotatable bonds is 1. The SMILES string of the molecule is c1ccc2[nH]c(-c3cc4ccc5ccccc5c4s3)cc2c1. The standard InChI is InChI=1S/C20H13NS/c1-3-7-16-13(5-1)9-10-15-12-19(22-20(15)16)18-11-14-6-2-4-8-17(14)21-18/h1-12,21H. The van der Waals surface area contributed by atoms with Gasteiger partial charge in [-0.25, -0.2) is 0 Å². The van der Waals surface area contributed by atoms with E-state index in [1.54, 1.807) is 0 Å². The van der Waals surface area contributed by atoms with Crippen molar-refractivity contribution in [1.82, 2.24) is 4.98 Å². The van der Waals surface area contributed by atoms with Gasteiger partial charge in [0.05, 0.1) is 10.6 Å². The Bertz CT molecular complexity index is 1100. The molecule has 0 saturated carbocycles. The second kappa shape index (κ2) is 4.46. The van der Waals surface area contributed by atoms with Crippen LogP contribution in [-0.2, 0) is 0 Å². The molecule has 2 aromatic heterocycles. The second-order valence-corrected chi connectivity index (χ2v) is 6.64. The first-order valence-corrected chi connectivity index (χ1v) is 8.19. The highest BCUT2D eigenvalue weighted by atomic mass is 32.1. The van der Waals surface area contributed by atoms with Crippen LogP contribution < -0.4 is 0 Å². The van der Waals surface area contributed by atoms with Crippen molar-refractivity contribution in [3.05, 3.63) is 72.8 Å². The predicted molar refractivity (Wildman–Crippen MR) is 96.6 cm³/mol. The first kappa shape index (κ1) is 12.0. The zero-order chi connectivity index (χ0) is 14.5. The summed E-state index contributed by atoms with van der Waals surface area (Å²) in [5.41, 5.74) is 2.39. The van der Waals surface area contributed by atoms with Crippen LogP contribution in [0.4, 0.5) is 0 Å². The van der Waals surface area contributed by atoms with Crippen LogP contribution in [0.3, 0.4) is 0 Å². The molecule has 0 aliphatic rings. The summed E-state index contributed by atoms with van der Waals surface area (Å²) >= 11 is 1.86. The largest absolute Gasteiger partial charge is 0.354 e. The van der Waals surface area contributed by atoms with E-state index in [0.29, 0.717) is 0 Å². The highest BCUT2D eigenvalue weighted by Crippen LogP contribution is 2.38. The Morgan fingerprint density at radius 3 is 2.36 bits per heavy atom. The molecule has 0 atom stereocenters. The van der Waals surface area contributed by atoms with Crippen LogP contribution in [0.2, 0.25) is 0 Å². The van der Waals surface area contributed by atoms with Crippen molar-refractivity contribution in [3.63, 3.8) is 0 Å². The third kappa shape index (κ3) is 1.71. The topological polar surface area (TPSA) is 15.8 Å². The molecule has 5 rings (SSSR count). The molecule has 0 fully saturated rings. The number of nitrogens with one attached hydrogen (secondary N) is 1. The first-order valence-electron chi connectivity index (χ1n) is 7.38. The predicted octanol–water partition coefficient (Wildman–Crippen LogP) is 6.20. The molecule has 1 nitrogen and oxygen atoms in total. The van der Waals surface area contributed by atoms with Gasteiger partial charge in [-0.2, -0.15) is 0 Å². The van der Waals surface area contributed by atoms with Crippen LogP contribution in [-0.4, -0.2) is 4.98 Å². The van der Waals surface area contributed by atoms with Gasteiger partial charge < -0.3 is 4.98 Å². The van der Waals surface area contributed by atoms with E-state index in [0.717, 1.165) is 0 Å². The van der Waals surface area contributed by atoms with Gasteiger partial charge in [-0.3, -0.25) is 0 Å². The van der Waals surface area contributed by atoms with Crippen LogP contribution in [0.25, 0.3) is 42.3 Å². The summed E-state index contributed by atoms with van der Waals surface area (Å²) in [6.07, 6.45) is 0. The molecule has 22 heavy (non-hydrogen) atoms. The Hall–Kier alpha value is -2.58. The Labute approximate surface area is 131 Å².